The van der Waals surface area contributed by atoms with Crippen molar-refractivity contribution in [3.63, 3.8) is 0 Å². The Labute approximate surface area is 125 Å². The molecule has 1 fully saturated rings. The molecule has 0 bridgehead atoms. The van der Waals surface area contributed by atoms with Crippen LogP contribution in [0.25, 0.3) is 0 Å². The minimum absolute atomic E-state index is 0. The number of nitrogens with zero attached hydrogens (tertiary/aromatic N) is 1. The van der Waals surface area contributed by atoms with E-state index in [1.54, 1.807) is 0 Å². The summed E-state index contributed by atoms with van der Waals surface area (Å²) in [6, 6.07) is 7.51. The van der Waals surface area contributed by atoms with Crippen LogP contribution in [0.1, 0.15) is 12.8 Å². The Morgan fingerprint density at radius 1 is 1.35 bits per heavy atom. The maximum absolute atomic E-state index is 12.5. The highest BCUT2D eigenvalue weighted by Gasteiger charge is 2.31. The Bertz CT molecular complexity index is 558. The molecule has 3 rings (SSSR count). The van der Waals surface area contributed by atoms with Crippen LogP contribution >= 0.6 is 12.4 Å². The van der Waals surface area contributed by atoms with Gasteiger partial charge in [-0.05, 0) is 25.0 Å². The normalized spacial score (nSPS) is 21.8. The molecule has 0 aliphatic carbocycles. The molecule has 5 nitrogen and oxygen atoms in total. The minimum Gasteiger partial charge on any atom is -0.382 e. The molecule has 1 unspecified atom stereocenters. The number of halogens is 1. The predicted octanol–water partition coefficient (Wildman–Crippen LogP) is 1.85. The van der Waals surface area contributed by atoms with E-state index in [-0.39, 0.29) is 24.3 Å². The van der Waals surface area contributed by atoms with Crippen LogP contribution in [0, 0.1) is 0 Å². The summed E-state index contributed by atoms with van der Waals surface area (Å²) in [4.78, 5) is 0. The number of hydrogen-bond donors (Lipinski definition) is 1. The first-order valence-electron chi connectivity index (χ1n) is 6.62. The van der Waals surface area contributed by atoms with Gasteiger partial charge in [0.1, 0.15) is 0 Å². The molecular weight excluding hydrogens is 300 g/mol. The van der Waals surface area contributed by atoms with E-state index >= 15 is 0 Å². The molecule has 1 aromatic carbocycles. The minimum atomic E-state index is -3.31. The van der Waals surface area contributed by atoms with Gasteiger partial charge in [-0.2, -0.15) is 0 Å². The molecule has 0 radical (unpaired) electrons. The monoisotopic (exact) mass is 318 g/mol. The molecule has 1 atom stereocenters. The summed E-state index contributed by atoms with van der Waals surface area (Å²) < 4.78 is 32.0. The Balaban J connectivity index is 0.00000147. The van der Waals surface area contributed by atoms with Gasteiger partial charge < -0.3 is 10.1 Å². The number of ether oxygens (including phenoxy) is 1. The summed E-state index contributed by atoms with van der Waals surface area (Å²) in [5.74, 6) is 0.0847. The van der Waals surface area contributed by atoms with E-state index in [2.05, 4.69) is 5.32 Å². The van der Waals surface area contributed by atoms with Crippen LogP contribution in [0.15, 0.2) is 24.3 Å². The van der Waals surface area contributed by atoms with Gasteiger partial charge in [-0.25, -0.2) is 8.42 Å². The van der Waals surface area contributed by atoms with E-state index in [9.17, 15) is 8.42 Å². The number of para-hydroxylation sites is 2. The molecule has 0 amide bonds. The molecule has 1 aromatic rings. The quantitative estimate of drug-likeness (QED) is 0.924. The fraction of sp³-hybridized carbons (Fsp3) is 0.538. The van der Waals surface area contributed by atoms with Gasteiger partial charge in [0.15, 0.2) is 0 Å². The third-order valence-corrected chi connectivity index (χ3v) is 5.40. The average molecular weight is 319 g/mol. The van der Waals surface area contributed by atoms with Gasteiger partial charge in [-0.1, -0.05) is 12.1 Å². The molecule has 20 heavy (non-hydrogen) atoms. The van der Waals surface area contributed by atoms with Gasteiger partial charge in [-0.15, -0.1) is 12.4 Å². The lowest BCUT2D eigenvalue weighted by Gasteiger charge is -2.31. The summed E-state index contributed by atoms with van der Waals surface area (Å²) in [7, 11) is -3.31. The molecule has 7 heteroatoms. The molecule has 2 heterocycles. The lowest BCUT2D eigenvalue weighted by molar-refractivity contribution is 0.127. The lowest BCUT2D eigenvalue weighted by atomic mass is 10.2. The standard InChI is InChI=1S/C13H18N2O3S.ClH/c16-19(17,10-11-4-3-9-18-11)15-8-7-14-12-5-1-2-6-13(12)15;/h1-2,5-6,11,14H,3-4,7-10H2;1H. The zero-order valence-electron chi connectivity index (χ0n) is 11.1. The Morgan fingerprint density at radius 2 is 2.15 bits per heavy atom. The van der Waals surface area contributed by atoms with E-state index in [1.807, 2.05) is 24.3 Å². The van der Waals surface area contributed by atoms with Gasteiger partial charge in [0.05, 0.1) is 29.8 Å². The highest BCUT2D eigenvalue weighted by atomic mass is 35.5. The van der Waals surface area contributed by atoms with Crippen molar-refractivity contribution in [3.8, 4) is 0 Å². The van der Waals surface area contributed by atoms with Crippen molar-refractivity contribution >= 4 is 33.8 Å². The highest BCUT2D eigenvalue weighted by molar-refractivity contribution is 7.92. The third kappa shape index (κ3) is 3.02. The lowest BCUT2D eigenvalue weighted by Crippen LogP contribution is -2.42. The van der Waals surface area contributed by atoms with Crippen LogP contribution in [-0.4, -0.2) is 40.0 Å². The molecule has 2 aliphatic heterocycles. The number of rotatable bonds is 3. The number of benzene rings is 1. The summed E-state index contributed by atoms with van der Waals surface area (Å²) in [5.41, 5.74) is 1.62. The zero-order valence-corrected chi connectivity index (χ0v) is 12.8. The highest BCUT2D eigenvalue weighted by Crippen LogP contribution is 2.31. The number of sulfonamides is 1. The van der Waals surface area contributed by atoms with E-state index < -0.39 is 10.0 Å². The molecule has 0 spiro atoms. The summed E-state index contributed by atoms with van der Waals surface area (Å²) in [5, 5.41) is 3.22. The largest absolute Gasteiger partial charge is 0.382 e. The van der Waals surface area contributed by atoms with Crippen molar-refractivity contribution in [2.75, 3.05) is 35.1 Å². The number of hydrogen-bond acceptors (Lipinski definition) is 4. The molecule has 0 aromatic heterocycles. The van der Waals surface area contributed by atoms with Crippen molar-refractivity contribution in [1.29, 1.82) is 0 Å². The SMILES string of the molecule is Cl.O=S(=O)(CC1CCCO1)N1CCNc2ccccc21. The average Bonchev–Trinajstić information content (AvgIpc) is 2.90. The van der Waals surface area contributed by atoms with Crippen molar-refractivity contribution in [3.05, 3.63) is 24.3 Å². The van der Waals surface area contributed by atoms with Crippen LogP contribution in [0.3, 0.4) is 0 Å². The van der Waals surface area contributed by atoms with Crippen LogP contribution < -0.4 is 9.62 Å². The fourth-order valence-corrected chi connectivity index (χ4v) is 4.38. The topological polar surface area (TPSA) is 58.6 Å². The maximum atomic E-state index is 12.5. The van der Waals surface area contributed by atoms with Crippen LogP contribution in [0.5, 0.6) is 0 Å². The number of nitrogens with one attached hydrogen (secondary N) is 1. The smallest absolute Gasteiger partial charge is 0.237 e. The number of anilines is 2. The van der Waals surface area contributed by atoms with Gasteiger partial charge in [0.25, 0.3) is 0 Å². The molecule has 1 N–H and O–H groups in total. The molecular formula is C13H19ClN2O3S. The summed E-state index contributed by atoms with van der Waals surface area (Å²) >= 11 is 0. The summed E-state index contributed by atoms with van der Waals surface area (Å²) in [6.45, 7) is 1.80. The van der Waals surface area contributed by atoms with Gasteiger partial charge in [0, 0.05) is 13.2 Å². The molecule has 0 saturated carbocycles. The zero-order chi connectivity index (χ0) is 13.3. The van der Waals surface area contributed by atoms with E-state index in [1.165, 1.54) is 4.31 Å². The van der Waals surface area contributed by atoms with Crippen molar-refractivity contribution in [2.24, 2.45) is 0 Å². The van der Waals surface area contributed by atoms with Gasteiger partial charge >= 0.3 is 0 Å². The Hall–Kier alpha value is -0.980. The molecule has 1 saturated heterocycles. The van der Waals surface area contributed by atoms with E-state index in [0.29, 0.717) is 19.7 Å². The van der Waals surface area contributed by atoms with Crippen molar-refractivity contribution in [1.82, 2.24) is 0 Å². The fourth-order valence-electron chi connectivity index (χ4n) is 2.64. The third-order valence-electron chi connectivity index (χ3n) is 3.56. The second-order valence-electron chi connectivity index (χ2n) is 4.93. The van der Waals surface area contributed by atoms with Crippen LogP contribution in [0.2, 0.25) is 0 Å². The predicted molar refractivity (Wildman–Crippen MR) is 82.3 cm³/mol. The maximum Gasteiger partial charge on any atom is 0.237 e. The van der Waals surface area contributed by atoms with E-state index in [0.717, 1.165) is 24.2 Å². The summed E-state index contributed by atoms with van der Waals surface area (Å²) in [6.07, 6.45) is 1.65. The van der Waals surface area contributed by atoms with Gasteiger partial charge in [-0.3, -0.25) is 4.31 Å². The second-order valence-corrected chi connectivity index (χ2v) is 6.87. The van der Waals surface area contributed by atoms with Gasteiger partial charge in [0.2, 0.25) is 10.0 Å². The Kier molecular flexibility index (Phi) is 4.78. The second kappa shape index (κ2) is 6.20. The van der Waals surface area contributed by atoms with Crippen molar-refractivity contribution < 1.29 is 13.2 Å². The van der Waals surface area contributed by atoms with E-state index in [4.69, 9.17) is 4.74 Å². The number of fused-ring (bicyclic) bond motifs is 1. The van der Waals surface area contributed by atoms with Crippen LogP contribution in [0.4, 0.5) is 11.4 Å². The molecule has 112 valence electrons. The van der Waals surface area contributed by atoms with Crippen LogP contribution in [-0.2, 0) is 14.8 Å². The molecule has 2 aliphatic rings. The first kappa shape index (κ1) is 15.4. The Morgan fingerprint density at radius 3 is 2.90 bits per heavy atom. The first-order valence-corrected chi connectivity index (χ1v) is 8.23. The van der Waals surface area contributed by atoms with Crippen molar-refractivity contribution in [2.45, 2.75) is 18.9 Å². The first-order chi connectivity index (χ1) is 9.17.